The first-order valence-corrected chi connectivity index (χ1v) is 4.93. The van der Waals surface area contributed by atoms with Gasteiger partial charge in [-0.15, -0.1) is 12.4 Å². The SMILES string of the molecule is CC1(C)C2C[C@H]1CC(C(=O)O)C2N.Cl. The summed E-state index contributed by atoms with van der Waals surface area (Å²) in [6, 6.07) is -0.127. The molecule has 0 aromatic rings. The van der Waals surface area contributed by atoms with E-state index in [2.05, 4.69) is 13.8 Å². The number of carbonyl (C=O) groups is 1. The molecule has 14 heavy (non-hydrogen) atoms. The highest BCUT2D eigenvalue weighted by molar-refractivity contribution is 5.85. The smallest absolute Gasteiger partial charge is 0.308 e. The van der Waals surface area contributed by atoms with Crippen molar-refractivity contribution >= 4 is 18.4 Å². The van der Waals surface area contributed by atoms with Gasteiger partial charge in [0.05, 0.1) is 5.92 Å². The van der Waals surface area contributed by atoms with E-state index >= 15 is 0 Å². The second-order valence-electron chi connectivity index (χ2n) is 5.12. The fraction of sp³-hybridized carbons (Fsp3) is 0.900. The minimum atomic E-state index is -0.710. The van der Waals surface area contributed by atoms with E-state index in [1.165, 1.54) is 0 Å². The average Bonchev–Trinajstić information content (AvgIpc) is 2.02. The number of fused-ring (bicyclic) bond motifs is 2. The molecule has 3 aliphatic carbocycles. The summed E-state index contributed by atoms with van der Waals surface area (Å²) in [6.45, 7) is 4.42. The summed E-state index contributed by atoms with van der Waals surface area (Å²) < 4.78 is 0. The Morgan fingerprint density at radius 3 is 2.36 bits per heavy atom. The van der Waals surface area contributed by atoms with Crippen LogP contribution < -0.4 is 5.73 Å². The molecule has 4 atom stereocenters. The summed E-state index contributed by atoms with van der Waals surface area (Å²) in [5.41, 5.74) is 6.24. The van der Waals surface area contributed by atoms with Gasteiger partial charge in [-0.05, 0) is 30.1 Å². The summed E-state index contributed by atoms with van der Waals surface area (Å²) in [5, 5.41) is 8.94. The summed E-state index contributed by atoms with van der Waals surface area (Å²) in [6.07, 6.45) is 1.91. The van der Waals surface area contributed by atoms with E-state index in [9.17, 15) is 4.79 Å². The minimum Gasteiger partial charge on any atom is -0.481 e. The average molecular weight is 220 g/mol. The third-order valence-electron chi connectivity index (χ3n) is 4.33. The lowest BCUT2D eigenvalue weighted by atomic mass is 9.45. The highest BCUT2D eigenvalue weighted by atomic mass is 35.5. The third kappa shape index (κ3) is 1.34. The van der Waals surface area contributed by atoms with Gasteiger partial charge in [-0.2, -0.15) is 0 Å². The number of carboxylic acid groups (broad SMARTS) is 1. The monoisotopic (exact) mass is 219 g/mol. The van der Waals surface area contributed by atoms with Gasteiger partial charge in [0.2, 0.25) is 0 Å². The van der Waals surface area contributed by atoms with Gasteiger partial charge in [-0.3, -0.25) is 4.79 Å². The molecule has 0 aromatic carbocycles. The van der Waals surface area contributed by atoms with Crippen LogP contribution in [0, 0.1) is 23.2 Å². The fourth-order valence-electron chi connectivity index (χ4n) is 3.12. The van der Waals surface area contributed by atoms with Gasteiger partial charge in [0, 0.05) is 6.04 Å². The van der Waals surface area contributed by atoms with Gasteiger partial charge in [0.1, 0.15) is 0 Å². The second-order valence-corrected chi connectivity index (χ2v) is 5.12. The number of halogens is 1. The van der Waals surface area contributed by atoms with Gasteiger partial charge in [-0.25, -0.2) is 0 Å². The zero-order valence-corrected chi connectivity index (χ0v) is 9.38. The molecular weight excluding hydrogens is 202 g/mol. The molecule has 3 nitrogen and oxygen atoms in total. The molecule has 0 aliphatic heterocycles. The first-order chi connectivity index (χ1) is 5.94. The van der Waals surface area contributed by atoms with Crippen molar-refractivity contribution in [3.05, 3.63) is 0 Å². The summed E-state index contributed by atoms with van der Waals surface area (Å²) in [7, 11) is 0. The van der Waals surface area contributed by atoms with Gasteiger partial charge < -0.3 is 10.8 Å². The largest absolute Gasteiger partial charge is 0.481 e. The van der Waals surface area contributed by atoms with Crippen LogP contribution in [0.2, 0.25) is 0 Å². The van der Waals surface area contributed by atoms with E-state index in [0.717, 1.165) is 12.8 Å². The van der Waals surface area contributed by atoms with E-state index < -0.39 is 5.97 Å². The van der Waals surface area contributed by atoms with Gasteiger partial charge in [0.25, 0.3) is 0 Å². The minimum absolute atomic E-state index is 0. The van der Waals surface area contributed by atoms with Crippen LogP contribution >= 0.6 is 12.4 Å². The van der Waals surface area contributed by atoms with Gasteiger partial charge in [-0.1, -0.05) is 13.8 Å². The van der Waals surface area contributed by atoms with E-state index in [-0.39, 0.29) is 29.8 Å². The lowest BCUT2D eigenvalue weighted by Gasteiger charge is -2.60. The van der Waals surface area contributed by atoms with Crippen LogP contribution in [0.15, 0.2) is 0 Å². The molecule has 0 heterocycles. The quantitative estimate of drug-likeness (QED) is 0.703. The maximum atomic E-state index is 10.9. The van der Waals surface area contributed by atoms with Crippen molar-refractivity contribution in [3.8, 4) is 0 Å². The number of hydrogen-bond donors (Lipinski definition) is 2. The Labute approximate surface area is 90.5 Å². The Balaban J connectivity index is 0.000000980. The topological polar surface area (TPSA) is 63.3 Å². The Hall–Kier alpha value is -0.280. The molecule has 0 saturated heterocycles. The number of nitrogens with two attached hydrogens (primary N) is 1. The van der Waals surface area contributed by atoms with Crippen molar-refractivity contribution in [1.82, 2.24) is 0 Å². The summed E-state index contributed by atoms with van der Waals surface area (Å²) in [5.74, 6) is 0.000208. The molecule has 0 aromatic heterocycles. The molecule has 2 bridgehead atoms. The van der Waals surface area contributed by atoms with Crippen LogP contribution in [0.4, 0.5) is 0 Å². The van der Waals surface area contributed by atoms with Crippen LogP contribution in [-0.2, 0) is 4.79 Å². The molecule has 82 valence electrons. The van der Waals surface area contributed by atoms with Crippen molar-refractivity contribution in [2.75, 3.05) is 0 Å². The summed E-state index contributed by atoms with van der Waals surface area (Å²) in [4.78, 5) is 10.9. The van der Waals surface area contributed by atoms with Crippen LogP contribution in [0.25, 0.3) is 0 Å². The van der Waals surface area contributed by atoms with Gasteiger partial charge in [0.15, 0.2) is 0 Å². The first kappa shape index (κ1) is 11.8. The highest BCUT2D eigenvalue weighted by Gasteiger charge is 2.58. The van der Waals surface area contributed by atoms with Crippen molar-refractivity contribution in [2.24, 2.45) is 28.9 Å². The van der Waals surface area contributed by atoms with Crippen LogP contribution in [0.5, 0.6) is 0 Å². The molecule has 3 N–H and O–H groups in total. The second kappa shape index (κ2) is 3.38. The van der Waals surface area contributed by atoms with Crippen molar-refractivity contribution in [1.29, 1.82) is 0 Å². The van der Waals surface area contributed by atoms with Crippen LogP contribution in [0.3, 0.4) is 0 Å². The zero-order chi connectivity index (χ0) is 9.80. The molecule has 3 aliphatic rings. The Bertz CT molecular complexity index is 255. The van der Waals surface area contributed by atoms with E-state index in [0.29, 0.717) is 11.8 Å². The summed E-state index contributed by atoms with van der Waals surface area (Å²) >= 11 is 0. The normalized spacial score (nSPS) is 43.4. The molecule has 3 rings (SSSR count). The fourth-order valence-corrected chi connectivity index (χ4v) is 3.12. The van der Waals surface area contributed by atoms with Crippen LogP contribution in [0.1, 0.15) is 26.7 Å². The zero-order valence-electron chi connectivity index (χ0n) is 8.56. The number of carboxylic acids is 1. The molecule has 3 saturated carbocycles. The lowest BCUT2D eigenvalue weighted by molar-refractivity contribution is -0.159. The molecule has 0 radical (unpaired) electrons. The number of hydrogen-bond acceptors (Lipinski definition) is 2. The maximum Gasteiger partial charge on any atom is 0.308 e. The third-order valence-corrected chi connectivity index (χ3v) is 4.33. The van der Waals surface area contributed by atoms with E-state index in [1.54, 1.807) is 0 Å². The molecule has 3 unspecified atom stereocenters. The molecule has 0 spiro atoms. The Morgan fingerprint density at radius 2 is 2.00 bits per heavy atom. The standard InChI is InChI=1S/C10H17NO2.ClH/c1-10(2)5-3-6(9(12)13)8(11)7(10)4-5;/h5-8H,3-4,11H2,1-2H3,(H,12,13);1H/t5-,6?,7?,8?;/m1./s1. The van der Waals surface area contributed by atoms with Crippen molar-refractivity contribution in [3.63, 3.8) is 0 Å². The van der Waals surface area contributed by atoms with Crippen molar-refractivity contribution < 1.29 is 9.90 Å². The van der Waals surface area contributed by atoms with Crippen molar-refractivity contribution in [2.45, 2.75) is 32.7 Å². The predicted molar refractivity (Wildman–Crippen MR) is 56.3 cm³/mol. The van der Waals surface area contributed by atoms with E-state index in [1.807, 2.05) is 0 Å². The Morgan fingerprint density at radius 1 is 1.43 bits per heavy atom. The molecule has 0 amide bonds. The predicted octanol–water partition coefficient (Wildman–Crippen LogP) is 1.50. The van der Waals surface area contributed by atoms with Gasteiger partial charge >= 0.3 is 5.97 Å². The number of rotatable bonds is 1. The number of aliphatic carboxylic acids is 1. The first-order valence-electron chi connectivity index (χ1n) is 4.93. The van der Waals surface area contributed by atoms with E-state index in [4.69, 9.17) is 10.8 Å². The molecular formula is C10H18ClNO2. The Kier molecular flexibility index (Phi) is 2.85. The highest BCUT2D eigenvalue weighted by Crippen LogP contribution is 2.60. The van der Waals surface area contributed by atoms with Crippen LogP contribution in [-0.4, -0.2) is 17.1 Å². The molecule has 4 heteroatoms. The maximum absolute atomic E-state index is 10.9. The molecule has 3 fully saturated rings. The lowest BCUT2D eigenvalue weighted by Crippen LogP contribution is -2.62.